The molecular weight excluding hydrogens is 369 g/mol. The first-order valence-electron chi connectivity index (χ1n) is 10.3. The predicted octanol–water partition coefficient (Wildman–Crippen LogP) is 4.71. The molecule has 5 heteroatoms. The molecule has 2 aromatic carbocycles. The molecule has 0 aromatic heterocycles. The first-order chi connectivity index (χ1) is 13.8. The third-order valence-electron chi connectivity index (χ3n) is 5.56. The summed E-state index contributed by atoms with van der Waals surface area (Å²) < 4.78 is 25.5. The lowest BCUT2D eigenvalue weighted by Gasteiger charge is -2.24. The molecule has 29 heavy (non-hydrogen) atoms. The van der Waals surface area contributed by atoms with E-state index in [1.165, 1.54) is 12.1 Å². The molecule has 2 fully saturated rings. The van der Waals surface area contributed by atoms with Crippen LogP contribution in [0.15, 0.2) is 48.5 Å². The van der Waals surface area contributed by atoms with Crippen molar-refractivity contribution in [1.29, 1.82) is 0 Å². The number of amides is 1. The first-order valence-corrected chi connectivity index (χ1v) is 10.3. The Morgan fingerprint density at radius 3 is 2.17 bits per heavy atom. The highest BCUT2D eigenvalue weighted by atomic mass is 19.1. The summed E-state index contributed by atoms with van der Waals surface area (Å²) in [5, 5.41) is 0. The van der Waals surface area contributed by atoms with Crippen LogP contribution in [-0.4, -0.2) is 35.6 Å². The van der Waals surface area contributed by atoms with Crippen LogP contribution in [0.4, 0.5) is 4.39 Å². The van der Waals surface area contributed by atoms with Gasteiger partial charge in [-0.3, -0.25) is 4.79 Å². The number of carbonyl (C=O) groups excluding carboxylic acids is 1. The van der Waals surface area contributed by atoms with Gasteiger partial charge < -0.3 is 14.4 Å². The van der Waals surface area contributed by atoms with Crippen molar-refractivity contribution < 1.29 is 18.7 Å². The number of halogens is 1. The molecule has 0 bridgehead atoms. The monoisotopic (exact) mass is 397 g/mol. The predicted molar refractivity (Wildman–Crippen MR) is 110 cm³/mol. The lowest BCUT2D eigenvalue weighted by Crippen LogP contribution is -2.40. The summed E-state index contributed by atoms with van der Waals surface area (Å²) in [5.74, 6) is 1.28. The minimum Gasteiger partial charge on any atom is -0.489 e. The summed E-state index contributed by atoms with van der Waals surface area (Å²) in [6, 6.07) is 13.8. The Kier molecular flexibility index (Phi) is 5.01. The van der Waals surface area contributed by atoms with Crippen LogP contribution in [0.25, 0.3) is 0 Å². The molecule has 2 atom stereocenters. The Hall–Kier alpha value is -2.56. The van der Waals surface area contributed by atoms with Crippen molar-refractivity contribution in [3.8, 4) is 11.5 Å². The quantitative estimate of drug-likeness (QED) is 0.733. The molecule has 2 aromatic rings. The second-order valence-electron chi connectivity index (χ2n) is 8.97. The standard InChI is InChI=1S/C24H28FNO3/c1-23(2,3)29-20-12-10-19(11-13-20)28-21-16-24(21,17-6-8-18(25)9-7-17)22(27)26-14-4-5-15-26/h6-13,21H,4-5,14-16H2,1-3H3/t21-,24-/m0/s1. The molecule has 1 aliphatic carbocycles. The minimum atomic E-state index is -0.724. The Morgan fingerprint density at radius 2 is 1.59 bits per heavy atom. The number of rotatable bonds is 5. The lowest BCUT2D eigenvalue weighted by atomic mass is 9.93. The second kappa shape index (κ2) is 7.36. The van der Waals surface area contributed by atoms with E-state index in [1.807, 2.05) is 49.9 Å². The van der Waals surface area contributed by atoms with Gasteiger partial charge in [0.2, 0.25) is 5.91 Å². The van der Waals surface area contributed by atoms with Crippen molar-refractivity contribution in [1.82, 2.24) is 4.90 Å². The van der Waals surface area contributed by atoms with Gasteiger partial charge in [0.15, 0.2) is 0 Å². The van der Waals surface area contributed by atoms with Crippen LogP contribution in [0.1, 0.15) is 45.6 Å². The maximum Gasteiger partial charge on any atom is 0.237 e. The molecule has 0 radical (unpaired) electrons. The zero-order chi connectivity index (χ0) is 20.6. The summed E-state index contributed by atoms with van der Waals surface area (Å²) in [4.78, 5) is 15.3. The highest BCUT2D eigenvalue weighted by molar-refractivity contribution is 5.93. The van der Waals surface area contributed by atoms with Crippen molar-refractivity contribution >= 4 is 5.91 Å². The fourth-order valence-electron chi connectivity index (χ4n) is 4.08. The van der Waals surface area contributed by atoms with E-state index in [4.69, 9.17) is 9.47 Å². The van der Waals surface area contributed by atoms with Gasteiger partial charge in [-0.15, -0.1) is 0 Å². The number of ether oxygens (including phenoxy) is 2. The largest absolute Gasteiger partial charge is 0.489 e. The molecular formula is C24H28FNO3. The minimum absolute atomic E-state index is 0.0966. The maximum absolute atomic E-state index is 13.5. The molecule has 2 aliphatic rings. The van der Waals surface area contributed by atoms with E-state index >= 15 is 0 Å². The molecule has 0 N–H and O–H groups in total. The van der Waals surface area contributed by atoms with Gasteiger partial charge in [0.05, 0.1) is 0 Å². The third kappa shape index (κ3) is 4.09. The van der Waals surface area contributed by atoms with Crippen molar-refractivity contribution in [2.45, 2.75) is 57.2 Å². The third-order valence-corrected chi connectivity index (χ3v) is 5.56. The molecule has 154 valence electrons. The van der Waals surface area contributed by atoms with Crippen LogP contribution in [0, 0.1) is 5.82 Å². The van der Waals surface area contributed by atoms with Crippen LogP contribution in [0.3, 0.4) is 0 Å². The first kappa shape index (κ1) is 19.7. The average Bonchev–Trinajstić information content (AvgIpc) is 3.12. The van der Waals surface area contributed by atoms with E-state index in [1.54, 1.807) is 12.1 Å². The van der Waals surface area contributed by atoms with Crippen molar-refractivity contribution in [2.24, 2.45) is 0 Å². The lowest BCUT2D eigenvalue weighted by molar-refractivity contribution is -0.133. The van der Waals surface area contributed by atoms with Gasteiger partial charge in [-0.25, -0.2) is 4.39 Å². The van der Waals surface area contributed by atoms with Crippen LogP contribution in [-0.2, 0) is 10.2 Å². The molecule has 0 spiro atoms. The summed E-state index contributed by atoms with van der Waals surface area (Å²) in [6.07, 6.45) is 2.42. The van der Waals surface area contributed by atoms with Gasteiger partial charge in [-0.2, -0.15) is 0 Å². The van der Waals surface area contributed by atoms with Crippen LogP contribution < -0.4 is 9.47 Å². The second-order valence-corrected chi connectivity index (χ2v) is 8.97. The molecule has 4 nitrogen and oxygen atoms in total. The van der Waals surface area contributed by atoms with Crippen molar-refractivity contribution in [3.05, 3.63) is 59.9 Å². The van der Waals surface area contributed by atoms with Gasteiger partial charge in [-0.05, 0) is 75.6 Å². The smallest absolute Gasteiger partial charge is 0.237 e. The molecule has 4 rings (SSSR count). The molecule has 1 saturated carbocycles. The van der Waals surface area contributed by atoms with E-state index in [0.29, 0.717) is 12.2 Å². The van der Waals surface area contributed by atoms with Gasteiger partial charge in [0.25, 0.3) is 0 Å². The molecule has 1 amide bonds. The number of hydrogen-bond donors (Lipinski definition) is 0. The van der Waals surface area contributed by atoms with E-state index in [2.05, 4.69) is 0 Å². The van der Waals surface area contributed by atoms with Crippen molar-refractivity contribution in [2.75, 3.05) is 13.1 Å². The SMILES string of the molecule is CC(C)(C)Oc1ccc(O[C@H]2C[C@]2(C(=O)N2CCCC2)c2ccc(F)cc2)cc1. The number of benzene rings is 2. The van der Waals surface area contributed by atoms with Gasteiger partial charge in [-0.1, -0.05) is 12.1 Å². The van der Waals surface area contributed by atoms with Gasteiger partial charge in [0, 0.05) is 19.5 Å². The summed E-state index contributed by atoms with van der Waals surface area (Å²) in [6.45, 7) is 7.58. The van der Waals surface area contributed by atoms with Gasteiger partial charge in [0.1, 0.15) is 34.4 Å². The van der Waals surface area contributed by atoms with Crippen molar-refractivity contribution in [3.63, 3.8) is 0 Å². The normalized spacial score (nSPS) is 23.7. The Labute approximate surface area is 171 Å². The highest BCUT2D eigenvalue weighted by Crippen LogP contribution is 2.52. The topological polar surface area (TPSA) is 38.8 Å². The average molecular weight is 397 g/mol. The van der Waals surface area contributed by atoms with E-state index in [0.717, 1.165) is 37.2 Å². The molecule has 0 unspecified atom stereocenters. The summed E-state index contributed by atoms with van der Waals surface area (Å²) in [7, 11) is 0. The van der Waals surface area contributed by atoms with Crippen LogP contribution >= 0.6 is 0 Å². The zero-order valence-electron chi connectivity index (χ0n) is 17.3. The van der Waals surface area contributed by atoms with Gasteiger partial charge >= 0.3 is 0 Å². The molecule has 1 aliphatic heterocycles. The number of hydrogen-bond acceptors (Lipinski definition) is 3. The fourth-order valence-corrected chi connectivity index (χ4v) is 4.08. The zero-order valence-corrected chi connectivity index (χ0v) is 17.3. The Morgan fingerprint density at radius 1 is 1.00 bits per heavy atom. The number of carbonyl (C=O) groups is 1. The number of nitrogens with zero attached hydrogens (tertiary/aromatic N) is 1. The number of likely N-dealkylation sites (tertiary alicyclic amines) is 1. The molecule has 1 heterocycles. The maximum atomic E-state index is 13.5. The molecule has 1 saturated heterocycles. The van der Waals surface area contributed by atoms with Crippen LogP contribution in [0.2, 0.25) is 0 Å². The fraction of sp³-hybridized carbons (Fsp3) is 0.458. The van der Waals surface area contributed by atoms with E-state index in [-0.39, 0.29) is 23.4 Å². The summed E-state index contributed by atoms with van der Waals surface area (Å²) in [5.41, 5.74) is -0.161. The van der Waals surface area contributed by atoms with E-state index < -0.39 is 5.41 Å². The Bertz CT molecular complexity index is 866. The van der Waals surface area contributed by atoms with Crippen LogP contribution in [0.5, 0.6) is 11.5 Å². The Balaban J connectivity index is 1.54. The van der Waals surface area contributed by atoms with E-state index in [9.17, 15) is 9.18 Å². The highest BCUT2D eigenvalue weighted by Gasteiger charge is 2.64. The summed E-state index contributed by atoms with van der Waals surface area (Å²) >= 11 is 0.